The highest BCUT2D eigenvalue weighted by Gasteiger charge is 2.19. The fourth-order valence-electron chi connectivity index (χ4n) is 2.83. The first-order valence-electron chi connectivity index (χ1n) is 7.83. The van der Waals surface area contributed by atoms with E-state index in [2.05, 4.69) is 0 Å². The van der Waals surface area contributed by atoms with E-state index in [4.69, 9.17) is 16.3 Å². The number of carbonyl (C=O) groups is 1. The Balaban J connectivity index is 1.84. The second kappa shape index (κ2) is 7.11. The summed E-state index contributed by atoms with van der Waals surface area (Å²) in [5.74, 6) is -0.996. The van der Waals surface area contributed by atoms with Gasteiger partial charge in [0.05, 0.1) is 10.6 Å². The molecule has 1 heterocycles. The Morgan fingerprint density at radius 1 is 1.12 bits per heavy atom. The average Bonchev–Trinajstić information content (AvgIpc) is 2.89. The third-order valence-corrected chi connectivity index (χ3v) is 4.43. The van der Waals surface area contributed by atoms with E-state index in [0.29, 0.717) is 5.56 Å². The van der Waals surface area contributed by atoms with E-state index in [1.807, 2.05) is 48.7 Å². The van der Waals surface area contributed by atoms with Crippen molar-refractivity contribution in [3.8, 4) is 5.69 Å². The summed E-state index contributed by atoms with van der Waals surface area (Å²) in [5, 5.41) is 0.238. The van der Waals surface area contributed by atoms with Gasteiger partial charge in [-0.15, -0.1) is 0 Å². The zero-order valence-corrected chi connectivity index (χ0v) is 14.7. The van der Waals surface area contributed by atoms with Crippen molar-refractivity contribution >= 4 is 17.6 Å². The lowest BCUT2D eigenvalue weighted by atomic mass is 10.2. The van der Waals surface area contributed by atoms with Gasteiger partial charge >= 0.3 is 5.97 Å². The first kappa shape index (κ1) is 17.2. The molecule has 0 atom stereocenters. The monoisotopic (exact) mass is 357 g/mol. The first-order chi connectivity index (χ1) is 12.0. The molecule has 3 rings (SSSR count). The molecule has 5 heteroatoms. The summed E-state index contributed by atoms with van der Waals surface area (Å²) < 4.78 is 21.1. The van der Waals surface area contributed by atoms with Crippen LogP contribution in [0.15, 0.2) is 54.6 Å². The summed E-state index contributed by atoms with van der Waals surface area (Å²) in [6.07, 6.45) is 0. The van der Waals surface area contributed by atoms with Crippen LogP contribution in [0.25, 0.3) is 5.69 Å². The summed E-state index contributed by atoms with van der Waals surface area (Å²) in [5.41, 5.74) is 3.28. The summed E-state index contributed by atoms with van der Waals surface area (Å²) >= 11 is 5.96. The minimum absolute atomic E-state index is 0.175. The van der Waals surface area contributed by atoms with Crippen molar-refractivity contribution in [1.29, 1.82) is 0 Å². The number of hydrogen-bond donors (Lipinski definition) is 0. The van der Waals surface area contributed by atoms with Crippen molar-refractivity contribution in [3.63, 3.8) is 0 Å². The molecule has 25 heavy (non-hydrogen) atoms. The molecule has 0 radical (unpaired) electrons. The van der Waals surface area contributed by atoms with Gasteiger partial charge in [0, 0.05) is 22.6 Å². The number of hydrogen-bond acceptors (Lipinski definition) is 2. The lowest BCUT2D eigenvalue weighted by Crippen LogP contribution is -2.08. The molecule has 0 bridgehead atoms. The number of carbonyl (C=O) groups excluding carboxylic acids is 1. The number of halogens is 2. The lowest BCUT2D eigenvalue weighted by Gasteiger charge is -2.10. The molecule has 0 amide bonds. The zero-order valence-electron chi connectivity index (χ0n) is 13.9. The van der Waals surface area contributed by atoms with Crippen molar-refractivity contribution < 1.29 is 13.9 Å². The van der Waals surface area contributed by atoms with E-state index in [1.165, 1.54) is 12.1 Å². The van der Waals surface area contributed by atoms with Gasteiger partial charge in [0.1, 0.15) is 12.4 Å². The highest BCUT2D eigenvalue weighted by molar-refractivity contribution is 6.31. The normalized spacial score (nSPS) is 10.7. The SMILES string of the molecule is Cc1cc(C(=O)OCc2c(F)cccc2Cl)c(C)n1-c1ccccc1. The highest BCUT2D eigenvalue weighted by Crippen LogP contribution is 2.23. The van der Waals surface area contributed by atoms with Crippen molar-refractivity contribution in [2.45, 2.75) is 20.5 Å². The largest absolute Gasteiger partial charge is 0.457 e. The van der Waals surface area contributed by atoms with Gasteiger partial charge in [-0.1, -0.05) is 35.9 Å². The molecular formula is C20H17ClFNO2. The number of benzene rings is 2. The van der Waals surface area contributed by atoms with Gasteiger partial charge in [0.2, 0.25) is 0 Å². The van der Waals surface area contributed by atoms with Crippen molar-refractivity contribution in [2.24, 2.45) is 0 Å². The third kappa shape index (κ3) is 3.44. The topological polar surface area (TPSA) is 31.2 Å². The van der Waals surface area contributed by atoms with Gasteiger partial charge in [0.15, 0.2) is 0 Å². The maximum atomic E-state index is 13.8. The predicted molar refractivity (Wildman–Crippen MR) is 95.8 cm³/mol. The van der Waals surface area contributed by atoms with Crippen molar-refractivity contribution in [2.75, 3.05) is 0 Å². The number of rotatable bonds is 4. The van der Waals surface area contributed by atoms with Crippen LogP contribution in [-0.2, 0) is 11.3 Å². The molecule has 0 aliphatic heterocycles. The molecule has 0 N–H and O–H groups in total. The summed E-state index contributed by atoms with van der Waals surface area (Å²) in [6, 6.07) is 15.9. The molecule has 0 unspecified atom stereocenters. The molecule has 0 aliphatic rings. The quantitative estimate of drug-likeness (QED) is 0.597. The van der Waals surface area contributed by atoms with Gasteiger partial charge in [-0.25, -0.2) is 9.18 Å². The molecule has 0 spiro atoms. The molecule has 1 aromatic heterocycles. The Morgan fingerprint density at radius 2 is 1.84 bits per heavy atom. The lowest BCUT2D eigenvalue weighted by molar-refractivity contribution is 0.0468. The number of nitrogens with zero attached hydrogens (tertiary/aromatic N) is 1. The van der Waals surface area contributed by atoms with Gasteiger partial charge in [-0.2, -0.15) is 0 Å². The van der Waals surface area contributed by atoms with Gasteiger partial charge in [-0.05, 0) is 44.2 Å². The molecule has 3 aromatic rings. The van der Waals surface area contributed by atoms with Crippen molar-refractivity contribution in [1.82, 2.24) is 4.57 Å². The van der Waals surface area contributed by atoms with Crippen molar-refractivity contribution in [3.05, 3.63) is 88.0 Å². The van der Waals surface area contributed by atoms with Crippen LogP contribution in [0, 0.1) is 19.7 Å². The summed E-state index contributed by atoms with van der Waals surface area (Å²) in [6.45, 7) is 3.57. The maximum absolute atomic E-state index is 13.8. The third-order valence-electron chi connectivity index (χ3n) is 4.07. The fourth-order valence-corrected chi connectivity index (χ4v) is 3.05. The molecule has 2 aromatic carbocycles. The van der Waals surface area contributed by atoms with Crippen LogP contribution in [0.3, 0.4) is 0 Å². The molecular weight excluding hydrogens is 341 g/mol. The molecule has 128 valence electrons. The zero-order chi connectivity index (χ0) is 18.0. The minimum atomic E-state index is -0.505. The van der Waals surface area contributed by atoms with E-state index >= 15 is 0 Å². The summed E-state index contributed by atoms with van der Waals surface area (Å²) in [4.78, 5) is 12.5. The smallest absolute Gasteiger partial charge is 0.340 e. The van der Waals surface area contributed by atoms with Crippen LogP contribution in [0.5, 0.6) is 0 Å². The van der Waals surface area contributed by atoms with Gasteiger partial charge in [-0.3, -0.25) is 0 Å². The second-order valence-electron chi connectivity index (χ2n) is 5.73. The molecule has 0 aliphatic carbocycles. The number of ether oxygens (including phenoxy) is 1. The molecule has 0 saturated carbocycles. The van der Waals surface area contributed by atoms with Crippen LogP contribution in [0.4, 0.5) is 4.39 Å². The van der Waals surface area contributed by atoms with Crippen LogP contribution in [0.1, 0.15) is 27.3 Å². The van der Waals surface area contributed by atoms with E-state index < -0.39 is 11.8 Å². The van der Waals surface area contributed by atoms with E-state index in [1.54, 1.807) is 12.1 Å². The average molecular weight is 358 g/mol. The molecule has 0 saturated heterocycles. The maximum Gasteiger partial charge on any atom is 0.340 e. The Bertz CT molecular complexity index is 899. The van der Waals surface area contributed by atoms with E-state index in [0.717, 1.165) is 17.1 Å². The minimum Gasteiger partial charge on any atom is -0.457 e. The number of esters is 1. The molecule has 3 nitrogen and oxygen atoms in total. The standard InChI is InChI=1S/C20H17ClFNO2/c1-13-11-16(14(2)23(13)15-7-4-3-5-8-15)20(24)25-12-17-18(21)9-6-10-19(17)22/h3-11H,12H2,1-2H3. The first-order valence-corrected chi connectivity index (χ1v) is 8.21. The Labute approximate surface area is 150 Å². The van der Waals surface area contributed by atoms with Gasteiger partial charge in [0.25, 0.3) is 0 Å². The van der Waals surface area contributed by atoms with E-state index in [9.17, 15) is 9.18 Å². The van der Waals surface area contributed by atoms with Crippen LogP contribution < -0.4 is 0 Å². The van der Waals surface area contributed by atoms with E-state index in [-0.39, 0.29) is 17.2 Å². The molecule has 0 fully saturated rings. The van der Waals surface area contributed by atoms with Crippen LogP contribution >= 0.6 is 11.6 Å². The Morgan fingerprint density at radius 3 is 2.52 bits per heavy atom. The number of para-hydroxylation sites is 1. The van der Waals surface area contributed by atoms with Crippen LogP contribution in [0.2, 0.25) is 5.02 Å². The number of aromatic nitrogens is 1. The Kier molecular flexibility index (Phi) is 4.91. The Hall–Kier alpha value is -2.59. The summed E-state index contributed by atoms with van der Waals surface area (Å²) in [7, 11) is 0. The fraction of sp³-hybridized carbons (Fsp3) is 0.150. The predicted octanol–water partition coefficient (Wildman–Crippen LogP) is 5.24. The van der Waals surface area contributed by atoms with Crippen LogP contribution in [-0.4, -0.2) is 10.5 Å². The highest BCUT2D eigenvalue weighted by atomic mass is 35.5. The second-order valence-corrected chi connectivity index (χ2v) is 6.14. The van der Waals surface area contributed by atoms with Gasteiger partial charge < -0.3 is 9.30 Å². The number of aryl methyl sites for hydroxylation is 1.